The summed E-state index contributed by atoms with van der Waals surface area (Å²) in [4.78, 5) is 14.2. The quantitative estimate of drug-likeness (QED) is 0.748. The first-order valence-corrected chi connectivity index (χ1v) is 7.78. The van der Waals surface area contributed by atoms with Crippen LogP contribution in [0, 0.1) is 0 Å². The molecule has 2 aliphatic rings. The molecule has 1 N–H and O–H groups in total. The van der Waals surface area contributed by atoms with Crippen molar-refractivity contribution >= 4 is 5.97 Å². The molecule has 2 aliphatic heterocycles. The highest BCUT2D eigenvalue weighted by molar-refractivity contribution is 5.71. The fourth-order valence-corrected chi connectivity index (χ4v) is 3.47. The molecule has 0 aromatic carbocycles. The van der Waals surface area contributed by atoms with Gasteiger partial charge in [-0.2, -0.15) is 0 Å². The smallest absolute Gasteiger partial charge is 0.320 e. The zero-order chi connectivity index (χ0) is 13.8. The molecule has 4 nitrogen and oxygen atoms in total. The van der Waals surface area contributed by atoms with Gasteiger partial charge >= 0.3 is 5.97 Å². The number of fused-ring (bicyclic) bond motifs is 2. The molecule has 0 amide bonds. The van der Waals surface area contributed by atoms with Crippen molar-refractivity contribution < 1.29 is 9.53 Å². The molecule has 2 saturated heterocycles. The molecule has 0 aromatic rings. The molecule has 0 saturated carbocycles. The normalized spacial score (nSPS) is 30.1. The van der Waals surface area contributed by atoms with Crippen molar-refractivity contribution in [1.29, 1.82) is 0 Å². The van der Waals surface area contributed by atoms with E-state index in [0.29, 0.717) is 24.7 Å². The SMILES string of the molecule is CCCN(CC(=O)OC(C)C)C1CC2CCC(C1)N2. The van der Waals surface area contributed by atoms with Gasteiger partial charge in [-0.15, -0.1) is 0 Å². The summed E-state index contributed by atoms with van der Waals surface area (Å²) in [6, 6.07) is 1.90. The number of hydrogen-bond acceptors (Lipinski definition) is 4. The number of nitrogens with zero attached hydrogens (tertiary/aromatic N) is 1. The summed E-state index contributed by atoms with van der Waals surface area (Å²) >= 11 is 0. The second-order valence-electron chi connectivity index (χ2n) is 6.27. The molecule has 2 heterocycles. The molecule has 2 fully saturated rings. The third-order valence-corrected chi connectivity index (χ3v) is 4.17. The highest BCUT2D eigenvalue weighted by Gasteiger charge is 2.36. The Balaban J connectivity index is 1.89. The van der Waals surface area contributed by atoms with Crippen molar-refractivity contribution in [3.63, 3.8) is 0 Å². The molecule has 4 heteroatoms. The van der Waals surface area contributed by atoms with E-state index >= 15 is 0 Å². The van der Waals surface area contributed by atoms with Crippen LogP contribution in [-0.4, -0.2) is 48.2 Å². The molecule has 2 atom stereocenters. The maximum absolute atomic E-state index is 11.9. The van der Waals surface area contributed by atoms with Gasteiger partial charge in [-0.05, 0) is 52.5 Å². The van der Waals surface area contributed by atoms with Crippen LogP contribution in [0.1, 0.15) is 52.9 Å². The van der Waals surface area contributed by atoms with Crippen LogP contribution < -0.4 is 5.32 Å². The van der Waals surface area contributed by atoms with E-state index in [1.165, 1.54) is 25.7 Å². The monoisotopic (exact) mass is 268 g/mol. The summed E-state index contributed by atoms with van der Waals surface area (Å²) in [6.45, 7) is 7.45. The predicted molar refractivity (Wildman–Crippen MR) is 76.1 cm³/mol. The van der Waals surface area contributed by atoms with Gasteiger partial charge in [-0.25, -0.2) is 0 Å². The molecule has 0 radical (unpaired) electrons. The van der Waals surface area contributed by atoms with Crippen LogP contribution in [0.15, 0.2) is 0 Å². The van der Waals surface area contributed by atoms with E-state index in [9.17, 15) is 4.79 Å². The fraction of sp³-hybridized carbons (Fsp3) is 0.933. The van der Waals surface area contributed by atoms with Gasteiger partial charge in [0.15, 0.2) is 0 Å². The first kappa shape index (κ1) is 14.8. The van der Waals surface area contributed by atoms with Crippen LogP contribution in [0.4, 0.5) is 0 Å². The van der Waals surface area contributed by atoms with E-state index < -0.39 is 0 Å². The average Bonchev–Trinajstić information content (AvgIpc) is 2.66. The average molecular weight is 268 g/mol. The highest BCUT2D eigenvalue weighted by atomic mass is 16.5. The van der Waals surface area contributed by atoms with Gasteiger partial charge in [0.05, 0.1) is 12.6 Å². The number of ether oxygens (including phenoxy) is 1. The standard InChI is InChI=1S/C15H28N2O2/c1-4-7-17(10-15(18)19-11(2)3)14-8-12-5-6-13(9-14)16-12/h11-14,16H,4-10H2,1-3H3. The van der Waals surface area contributed by atoms with Crippen molar-refractivity contribution in [2.45, 2.75) is 77.1 Å². The molecular formula is C15H28N2O2. The van der Waals surface area contributed by atoms with Crippen LogP contribution >= 0.6 is 0 Å². The first-order valence-electron chi connectivity index (χ1n) is 7.78. The summed E-state index contributed by atoms with van der Waals surface area (Å²) < 4.78 is 5.29. The van der Waals surface area contributed by atoms with Gasteiger partial charge in [-0.1, -0.05) is 6.92 Å². The minimum atomic E-state index is -0.0747. The van der Waals surface area contributed by atoms with E-state index in [4.69, 9.17) is 4.74 Å². The number of hydrogen-bond donors (Lipinski definition) is 1. The number of rotatable bonds is 6. The second-order valence-corrected chi connectivity index (χ2v) is 6.27. The number of carbonyl (C=O) groups is 1. The lowest BCUT2D eigenvalue weighted by Gasteiger charge is -2.37. The Bertz CT molecular complexity index is 295. The zero-order valence-corrected chi connectivity index (χ0v) is 12.5. The number of nitrogens with one attached hydrogen (secondary N) is 1. The first-order chi connectivity index (χ1) is 9.08. The van der Waals surface area contributed by atoms with Crippen LogP contribution in [0.25, 0.3) is 0 Å². The highest BCUT2D eigenvalue weighted by Crippen LogP contribution is 2.29. The van der Waals surface area contributed by atoms with E-state index in [1.54, 1.807) is 0 Å². The molecular weight excluding hydrogens is 240 g/mol. The maximum atomic E-state index is 11.9. The second kappa shape index (κ2) is 6.71. The largest absolute Gasteiger partial charge is 0.462 e. The Morgan fingerprint density at radius 1 is 1.32 bits per heavy atom. The van der Waals surface area contributed by atoms with Gasteiger partial charge < -0.3 is 10.1 Å². The van der Waals surface area contributed by atoms with Crippen LogP contribution in [0.3, 0.4) is 0 Å². The molecule has 2 unspecified atom stereocenters. The minimum absolute atomic E-state index is 0.0137. The summed E-state index contributed by atoms with van der Waals surface area (Å²) in [5, 5.41) is 3.66. The Labute approximate surface area is 116 Å². The molecule has 0 aliphatic carbocycles. The summed E-state index contributed by atoms with van der Waals surface area (Å²) in [5.74, 6) is -0.0747. The molecule has 0 spiro atoms. The van der Waals surface area contributed by atoms with Gasteiger partial charge in [0.2, 0.25) is 0 Å². The third kappa shape index (κ3) is 4.18. The van der Waals surface area contributed by atoms with E-state index in [2.05, 4.69) is 17.1 Å². The lowest BCUT2D eigenvalue weighted by molar-refractivity contribution is -0.149. The molecule has 110 valence electrons. The summed E-state index contributed by atoms with van der Waals surface area (Å²) in [5.41, 5.74) is 0. The lowest BCUT2D eigenvalue weighted by atomic mass is 9.98. The van der Waals surface area contributed by atoms with E-state index in [-0.39, 0.29) is 12.1 Å². The van der Waals surface area contributed by atoms with E-state index in [1.807, 2.05) is 13.8 Å². The van der Waals surface area contributed by atoms with Crippen molar-refractivity contribution in [1.82, 2.24) is 10.2 Å². The Hall–Kier alpha value is -0.610. The fourth-order valence-electron chi connectivity index (χ4n) is 3.47. The topological polar surface area (TPSA) is 41.6 Å². The maximum Gasteiger partial charge on any atom is 0.320 e. The molecule has 2 rings (SSSR count). The van der Waals surface area contributed by atoms with Crippen molar-refractivity contribution in [3.8, 4) is 0 Å². The Morgan fingerprint density at radius 2 is 1.95 bits per heavy atom. The minimum Gasteiger partial charge on any atom is -0.462 e. The summed E-state index contributed by atoms with van der Waals surface area (Å²) in [7, 11) is 0. The predicted octanol–water partition coefficient (Wildman–Crippen LogP) is 1.93. The number of esters is 1. The summed E-state index contributed by atoms with van der Waals surface area (Å²) in [6.07, 6.45) is 6.06. The van der Waals surface area contributed by atoms with E-state index in [0.717, 1.165) is 13.0 Å². The van der Waals surface area contributed by atoms with Gasteiger partial charge in [-0.3, -0.25) is 9.69 Å². The molecule has 0 aromatic heterocycles. The van der Waals surface area contributed by atoms with Crippen LogP contribution in [0.5, 0.6) is 0 Å². The van der Waals surface area contributed by atoms with Gasteiger partial charge in [0, 0.05) is 18.1 Å². The third-order valence-electron chi connectivity index (χ3n) is 4.17. The Morgan fingerprint density at radius 3 is 2.47 bits per heavy atom. The molecule has 19 heavy (non-hydrogen) atoms. The zero-order valence-electron chi connectivity index (χ0n) is 12.5. The van der Waals surface area contributed by atoms with Crippen molar-refractivity contribution in [3.05, 3.63) is 0 Å². The Kier molecular flexibility index (Phi) is 5.22. The molecule has 2 bridgehead atoms. The number of carbonyl (C=O) groups excluding carboxylic acids is 1. The van der Waals surface area contributed by atoms with Crippen molar-refractivity contribution in [2.75, 3.05) is 13.1 Å². The lowest BCUT2D eigenvalue weighted by Crippen LogP contribution is -2.50. The van der Waals surface area contributed by atoms with Gasteiger partial charge in [0.1, 0.15) is 0 Å². The van der Waals surface area contributed by atoms with Gasteiger partial charge in [0.25, 0.3) is 0 Å². The number of piperidine rings is 1. The van der Waals surface area contributed by atoms with Crippen molar-refractivity contribution in [2.24, 2.45) is 0 Å². The van der Waals surface area contributed by atoms with Crippen LogP contribution in [-0.2, 0) is 9.53 Å². The van der Waals surface area contributed by atoms with Crippen LogP contribution in [0.2, 0.25) is 0 Å².